The molecule has 0 radical (unpaired) electrons. The summed E-state index contributed by atoms with van der Waals surface area (Å²) >= 11 is 0. The van der Waals surface area contributed by atoms with Gasteiger partial charge in [-0.25, -0.2) is 0 Å². The molecule has 1 aromatic heterocycles. The fraction of sp³-hybridized carbons (Fsp3) is 0. The van der Waals surface area contributed by atoms with E-state index in [9.17, 15) is 14.9 Å². The van der Waals surface area contributed by atoms with E-state index in [0.29, 0.717) is 22.2 Å². The highest BCUT2D eigenvalue weighted by Gasteiger charge is 2.11. The molecular formula is C16H10N2O3. The molecule has 0 atom stereocenters. The quantitative estimate of drug-likeness (QED) is 0.416. The molecule has 0 saturated heterocycles. The summed E-state index contributed by atoms with van der Waals surface area (Å²) in [6.45, 7) is 0. The molecule has 0 spiro atoms. The number of nitro groups is 1. The molecule has 3 rings (SSSR count). The number of nitro benzene ring substituents is 1. The molecule has 5 heteroatoms. The third-order valence-corrected chi connectivity index (χ3v) is 3.23. The number of rotatable bonds is 3. The lowest BCUT2D eigenvalue weighted by atomic mass is 9.99. The third kappa shape index (κ3) is 2.36. The Morgan fingerprint density at radius 3 is 2.71 bits per heavy atom. The number of benzene rings is 2. The van der Waals surface area contributed by atoms with Crippen molar-refractivity contribution in [3.63, 3.8) is 0 Å². The Morgan fingerprint density at radius 1 is 1.10 bits per heavy atom. The summed E-state index contributed by atoms with van der Waals surface area (Å²) in [5.74, 6) is 0. The van der Waals surface area contributed by atoms with Gasteiger partial charge in [-0.3, -0.25) is 19.9 Å². The van der Waals surface area contributed by atoms with E-state index in [-0.39, 0.29) is 5.69 Å². The number of aromatic nitrogens is 1. The molecule has 0 bridgehead atoms. The summed E-state index contributed by atoms with van der Waals surface area (Å²) < 4.78 is 0. The van der Waals surface area contributed by atoms with Crippen LogP contribution in [0.3, 0.4) is 0 Å². The summed E-state index contributed by atoms with van der Waals surface area (Å²) in [5, 5.41) is 11.7. The van der Waals surface area contributed by atoms with Crippen LogP contribution in [0.1, 0.15) is 10.4 Å². The maximum absolute atomic E-state index is 11.1. The van der Waals surface area contributed by atoms with Crippen molar-refractivity contribution in [1.82, 2.24) is 4.98 Å². The second-order valence-electron chi connectivity index (χ2n) is 4.57. The smallest absolute Gasteiger partial charge is 0.270 e. The molecule has 0 fully saturated rings. The molecular weight excluding hydrogens is 268 g/mol. The van der Waals surface area contributed by atoms with Crippen LogP contribution >= 0.6 is 0 Å². The topological polar surface area (TPSA) is 73.1 Å². The molecule has 3 aromatic rings. The van der Waals surface area contributed by atoms with Gasteiger partial charge in [0.05, 0.1) is 10.4 Å². The van der Waals surface area contributed by atoms with Crippen molar-refractivity contribution in [2.45, 2.75) is 0 Å². The number of aldehydes is 1. The van der Waals surface area contributed by atoms with Gasteiger partial charge in [-0.2, -0.15) is 0 Å². The Labute approximate surface area is 120 Å². The predicted molar refractivity (Wildman–Crippen MR) is 79.2 cm³/mol. The van der Waals surface area contributed by atoms with Crippen LogP contribution in [0.25, 0.3) is 22.0 Å². The molecule has 0 N–H and O–H groups in total. The summed E-state index contributed by atoms with van der Waals surface area (Å²) in [6.07, 6.45) is 2.41. The van der Waals surface area contributed by atoms with Crippen molar-refractivity contribution >= 4 is 22.9 Å². The van der Waals surface area contributed by atoms with Crippen LogP contribution in [0.2, 0.25) is 0 Å². The minimum absolute atomic E-state index is 0.00749. The first-order valence-corrected chi connectivity index (χ1v) is 6.28. The first-order valence-electron chi connectivity index (χ1n) is 6.28. The molecule has 0 aliphatic rings. The first-order chi connectivity index (χ1) is 10.2. The SMILES string of the molecule is O=Cc1cc(-c2cccc([N+](=O)[O-])c2)c2ncccc2c1. The first kappa shape index (κ1) is 12.9. The van der Waals surface area contributed by atoms with Crippen LogP contribution < -0.4 is 0 Å². The standard InChI is InChI=1S/C16H10N2O3/c19-10-11-7-13-4-2-6-17-16(13)15(8-11)12-3-1-5-14(9-12)18(20)21/h1-10H. The highest BCUT2D eigenvalue weighted by atomic mass is 16.6. The fourth-order valence-electron chi connectivity index (χ4n) is 2.29. The van der Waals surface area contributed by atoms with Crippen molar-refractivity contribution < 1.29 is 9.72 Å². The zero-order valence-electron chi connectivity index (χ0n) is 10.9. The lowest BCUT2D eigenvalue weighted by molar-refractivity contribution is -0.384. The molecule has 0 saturated carbocycles. The van der Waals surface area contributed by atoms with Gasteiger partial charge in [-0.15, -0.1) is 0 Å². The number of hydrogen-bond donors (Lipinski definition) is 0. The lowest BCUT2D eigenvalue weighted by Gasteiger charge is -2.07. The van der Waals surface area contributed by atoms with Gasteiger partial charge in [0.15, 0.2) is 0 Å². The summed E-state index contributed by atoms with van der Waals surface area (Å²) in [6, 6.07) is 13.4. The number of nitrogens with zero attached hydrogens (tertiary/aromatic N) is 2. The molecule has 1 heterocycles. The average Bonchev–Trinajstić information content (AvgIpc) is 2.53. The van der Waals surface area contributed by atoms with E-state index in [4.69, 9.17) is 0 Å². The molecule has 0 aliphatic carbocycles. The molecule has 21 heavy (non-hydrogen) atoms. The van der Waals surface area contributed by atoms with Crippen LogP contribution in [0, 0.1) is 10.1 Å². The number of carbonyl (C=O) groups excluding carboxylic acids is 1. The fourth-order valence-corrected chi connectivity index (χ4v) is 2.29. The van der Waals surface area contributed by atoms with Crippen molar-refractivity contribution in [2.24, 2.45) is 0 Å². The number of non-ortho nitro benzene ring substituents is 1. The molecule has 0 unspecified atom stereocenters. The highest BCUT2D eigenvalue weighted by molar-refractivity contribution is 5.98. The van der Waals surface area contributed by atoms with Gasteiger partial charge >= 0.3 is 0 Å². The zero-order valence-corrected chi connectivity index (χ0v) is 10.9. The average molecular weight is 278 g/mol. The maximum atomic E-state index is 11.1. The summed E-state index contributed by atoms with van der Waals surface area (Å²) in [4.78, 5) is 25.9. The van der Waals surface area contributed by atoms with Crippen molar-refractivity contribution in [2.75, 3.05) is 0 Å². The number of fused-ring (bicyclic) bond motifs is 1. The van der Waals surface area contributed by atoms with Crippen LogP contribution in [0.4, 0.5) is 5.69 Å². The Bertz CT molecular complexity index is 859. The number of hydrogen-bond acceptors (Lipinski definition) is 4. The van der Waals surface area contributed by atoms with Crippen LogP contribution in [0.15, 0.2) is 54.7 Å². The van der Waals surface area contributed by atoms with Crippen molar-refractivity contribution in [1.29, 1.82) is 0 Å². The van der Waals surface area contributed by atoms with Crippen LogP contribution in [-0.2, 0) is 0 Å². The van der Waals surface area contributed by atoms with Gasteiger partial charge < -0.3 is 0 Å². The van der Waals surface area contributed by atoms with Gasteiger partial charge in [0, 0.05) is 34.8 Å². The lowest BCUT2D eigenvalue weighted by Crippen LogP contribution is -1.91. The Hall–Kier alpha value is -3.08. The molecule has 0 aliphatic heterocycles. The highest BCUT2D eigenvalue weighted by Crippen LogP contribution is 2.30. The Morgan fingerprint density at radius 2 is 1.95 bits per heavy atom. The molecule has 2 aromatic carbocycles. The largest absolute Gasteiger partial charge is 0.298 e. The Kier molecular flexibility index (Phi) is 3.16. The molecule has 0 amide bonds. The van der Waals surface area contributed by atoms with Gasteiger partial charge in [-0.1, -0.05) is 18.2 Å². The van der Waals surface area contributed by atoms with E-state index < -0.39 is 4.92 Å². The second-order valence-corrected chi connectivity index (χ2v) is 4.57. The maximum Gasteiger partial charge on any atom is 0.270 e. The van der Waals surface area contributed by atoms with Gasteiger partial charge in [0.25, 0.3) is 5.69 Å². The van der Waals surface area contributed by atoms with Crippen molar-refractivity contribution in [3.05, 3.63) is 70.4 Å². The van der Waals surface area contributed by atoms with E-state index in [1.165, 1.54) is 12.1 Å². The van der Waals surface area contributed by atoms with Crippen molar-refractivity contribution in [3.8, 4) is 11.1 Å². The minimum Gasteiger partial charge on any atom is -0.298 e. The van der Waals surface area contributed by atoms with E-state index in [1.807, 2.05) is 6.07 Å². The minimum atomic E-state index is -0.442. The van der Waals surface area contributed by atoms with Gasteiger partial charge in [-0.05, 0) is 23.8 Å². The number of carbonyl (C=O) groups is 1. The van der Waals surface area contributed by atoms with Gasteiger partial charge in [0.2, 0.25) is 0 Å². The van der Waals surface area contributed by atoms with E-state index in [1.54, 1.807) is 36.5 Å². The Balaban J connectivity index is 2.30. The third-order valence-electron chi connectivity index (χ3n) is 3.23. The summed E-state index contributed by atoms with van der Waals surface area (Å²) in [5.41, 5.74) is 2.60. The number of pyridine rings is 1. The van der Waals surface area contributed by atoms with Crippen LogP contribution in [-0.4, -0.2) is 16.2 Å². The van der Waals surface area contributed by atoms with E-state index >= 15 is 0 Å². The monoisotopic (exact) mass is 278 g/mol. The second kappa shape index (κ2) is 5.13. The molecule has 102 valence electrons. The zero-order chi connectivity index (χ0) is 14.8. The predicted octanol–water partition coefficient (Wildman–Crippen LogP) is 3.62. The normalized spacial score (nSPS) is 10.5. The van der Waals surface area contributed by atoms with Crippen LogP contribution in [0.5, 0.6) is 0 Å². The summed E-state index contributed by atoms with van der Waals surface area (Å²) in [7, 11) is 0. The van der Waals surface area contributed by atoms with E-state index in [2.05, 4.69) is 4.98 Å². The van der Waals surface area contributed by atoms with E-state index in [0.717, 1.165) is 11.7 Å². The molecule has 5 nitrogen and oxygen atoms in total. The van der Waals surface area contributed by atoms with Gasteiger partial charge in [0.1, 0.15) is 6.29 Å².